The second-order valence-corrected chi connectivity index (χ2v) is 9.69. The minimum absolute atomic E-state index is 0.0256. The van der Waals surface area contributed by atoms with Crippen molar-refractivity contribution >= 4 is 21.6 Å². The average Bonchev–Trinajstić information content (AvgIpc) is 2.80. The van der Waals surface area contributed by atoms with Crippen molar-refractivity contribution in [2.24, 2.45) is 0 Å². The molecule has 0 unspecified atom stereocenters. The molecule has 2 aromatic carbocycles. The van der Waals surface area contributed by atoms with Gasteiger partial charge in [0.1, 0.15) is 5.75 Å². The Morgan fingerprint density at radius 2 is 1.71 bits per heavy atom. The number of nitrogens with one attached hydrogen (secondary N) is 1. The standard InChI is InChI=1S/C22H26F3N3O5S/c1-3-34(30,31)26-19-9-6-17(14-20(19)33-22(23,24)25)21(29)28-12-10-27(11-13-28)15-16-4-7-18(32-2)8-5-16/h4-9,14,26H,3,10-13,15H2,1-2H3. The molecule has 0 bridgehead atoms. The number of amides is 1. The highest BCUT2D eigenvalue weighted by atomic mass is 32.2. The number of carbonyl (C=O) groups excluding carboxylic acids is 1. The van der Waals surface area contributed by atoms with E-state index in [-0.39, 0.29) is 17.0 Å². The maximum atomic E-state index is 12.9. The second-order valence-electron chi connectivity index (χ2n) is 7.68. The summed E-state index contributed by atoms with van der Waals surface area (Å²) in [5.41, 5.74) is 0.682. The number of alkyl halides is 3. The zero-order valence-electron chi connectivity index (χ0n) is 18.8. The Morgan fingerprint density at radius 1 is 1.06 bits per heavy atom. The molecule has 0 atom stereocenters. The number of hydrogen-bond acceptors (Lipinski definition) is 6. The summed E-state index contributed by atoms with van der Waals surface area (Å²) in [6.45, 7) is 4.03. The number of sulfonamides is 1. The third kappa shape index (κ3) is 7.00. The summed E-state index contributed by atoms with van der Waals surface area (Å²) in [6.07, 6.45) is -5.05. The maximum absolute atomic E-state index is 12.9. The fourth-order valence-electron chi connectivity index (χ4n) is 3.47. The minimum Gasteiger partial charge on any atom is -0.497 e. The number of anilines is 1. The number of piperazine rings is 1. The van der Waals surface area contributed by atoms with Crippen LogP contribution in [-0.2, 0) is 16.6 Å². The fourth-order valence-corrected chi connectivity index (χ4v) is 4.12. The van der Waals surface area contributed by atoms with Gasteiger partial charge in [0.2, 0.25) is 10.0 Å². The number of methoxy groups -OCH3 is 1. The molecule has 1 fully saturated rings. The van der Waals surface area contributed by atoms with Crippen LogP contribution >= 0.6 is 0 Å². The first-order valence-corrected chi connectivity index (χ1v) is 12.2. The van der Waals surface area contributed by atoms with Gasteiger partial charge in [0.15, 0.2) is 5.75 Å². The first-order valence-electron chi connectivity index (χ1n) is 10.5. The van der Waals surface area contributed by atoms with Gasteiger partial charge in [0, 0.05) is 38.3 Å². The molecule has 0 saturated carbocycles. The van der Waals surface area contributed by atoms with Crippen molar-refractivity contribution in [1.29, 1.82) is 0 Å². The van der Waals surface area contributed by atoms with Crippen molar-refractivity contribution in [1.82, 2.24) is 9.80 Å². The van der Waals surface area contributed by atoms with E-state index >= 15 is 0 Å². The van der Waals surface area contributed by atoms with E-state index in [1.165, 1.54) is 13.0 Å². The molecule has 34 heavy (non-hydrogen) atoms. The number of ether oxygens (including phenoxy) is 2. The molecule has 1 aliphatic heterocycles. The van der Waals surface area contributed by atoms with Gasteiger partial charge in [-0.05, 0) is 42.8 Å². The number of benzene rings is 2. The van der Waals surface area contributed by atoms with Gasteiger partial charge in [0.25, 0.3) is 5.91 Å². The second kappa shape index (κ2) is 10.5. The van der Waals surface area contributed by atoms with Crippen molar-refractivity contribution < 1.29 is 35.9 Å². The molecule has 2 aromatic rings. The number of nitrogens with zero attached hydrogens (tertiary/aromatic N) is 2. The summed E-state index contributed by atoms with van der Waals surface area (Å²) in [5.74, 6) is -0.809. The van der Waals surface area contributed by atoms with Crippen LogP contribution in [-0.4, -0.2) is 69.5 Å². The zero-order chi connectivity index (χ0) is 24.9. The van der Waals surface area contributed by atoms with Crippen LogP contribution in [0.3, 0.4) is 0 Å². The molecule has 0 spiro atoms. The van der Waals surface area contributed by atoms with Gasteiger partial charge in [-0.25, -0.2) is 8.42 Å². The Kier molecular flexibility index (Phi) is 7.93. The van der Waals surface area contributed by atoms with Crippen LogP contribution in [0.1, 0.15) is 22.8 Å². The highest BCUT2D eigenvalue weighted by Crippen LogP contribution is 2.32. The molecule has 0 aromatic heterocycles. The minimum atomic E-state index is -5.05. The van der Waals surface area contributed by atoms with Crippen molar-refractivity contribution in [3.8, 4) is 11.5 Å². The Bertz CT molecular complexity index is 1100. The van der Waals surface area contributed by atoms with Crippen molar-refractivity contribution in [3.63, 3.8) is 0 Å². The number of halogens is 3. The molecule has 1 N–H and O–H groups in total. The quantitative estimate of drug-likeness (QED) is 0.597. The van der Waals surface area contributed by atoms with E-state index in [1.807, 2.05) is 29.0 Å². The summed E-state index contributed by atoms with van der Waals surface area (Å²) < 4.78 is 73.5. The molecule has 1 aliphatic rings. The van der Waals surface area contributed by atoms with Gasteiger partial charge in [-0.3, -0.25) is 14.4 Å². The average molecular weight is 502 g/mol. The molecule has 1 heterocycles. The Labute approximate surface area is 196 Å². The lowest BCUT2D eigenvalue weighted by Gasteiger charge is -2.35. The van der Waals surface area contributed by atoms with Crippen LogP contribution in [0, 0.1) is 0 Å². The van der Waals surface area contributed by atoms with E-state index < -0.39 is 28.0 Å². The fraction of sp³-hybridized carbons (Fsp3) is 0.409. The molecular weight excluding hydrogens is 475 g/mol. The first-order chi connectivity index (χ1) is 16.0. The number of hydrogen-bond donors (Lipinski definition) is 1. The van der Waals surface area contributed by atoms with Crippen LogP contribution in [0.2, 0.25) is 0 Å². The smallest absolute Gasteiger partial charge is 0.497 e. The summed E-state index contributed by atoms with van der Waals surface area (Å²) >= 11 is 0. The highest BCUT2D eigenvalue weighted by Gasteiger charge is 2.33. The van der Waals surface area contributed by atoms with Crippen molar-refractivity contribution in [2.45, 2.75) is 19.8 Å². The van der Waals surface area contributed by atoms with Gasteiger partial charge in [-0.15, -0.1) is 13.2 Å². The lowest BCUT2D eigenvalue weighted by atomic mass is 10.1. The topological polar surface area (TPSA) is 88.2 Å². The van der Waals surface area contributed by atoms with Gasteiger partial charge in [-0.1, -0.05) is 12.1 Å². The maximum Gasteiger partial charge on any atom is 0.573 e. The van der Waals surface area contributed by atoms with Crippen molar-refractivity contribution in [2.75, 3.05) is 43.8 Å². The van der Waals surface area contributed by atoms with Crippen LogP contribution in [0.5, 0.6) is 11.5 Å². The van der Waals surface area contributed by atoms with Crippen LogP contribution in [0.15, 0.2) is 42.5 Å². The number of rotatable bonds is 8. The van der Waals surface area contributed by atoms with Crippen LogP contribution < -0.4 is 14.2 Å². The van der Waals surface area contributed by atoms with Crippen LogP contribution in [0.25, 0.3) is 0 Å². The molecular formula is C22H26F3N3O5S. The van der Waals surface area contributed by atoms with Gasteiger partial charge < -0.3 is 14.4 Å². The highest BCUT2D eigenvalue weighted by molar-refractivity contribution is 7.92. The zero-order valence-corrected chi connectivity index (χ0v) is 19.6. The largest absolute Gasteiger partial charge is 0.573 e. The molecule has 0 radical (unpaired) electrons. The Morgan fingerprint density at radius 3 is 2.26 bits per heavy atom. The molecule has 0 aliphatic carbocycles. The Hall–Kier alpha value is -2.99. The third-order valence-electron chi connectivity index (χ3n) is 5.32. The summed E-state index contributed by atoms with van der Waals surface area (Å²) in [7, 11) is -2.25. The molecule has 1 saturated heterocycles. The molecule has 186 valence electrons. The first kappa shape index (κ1) is 25.6. The summed E-state index contributed by atoms with van der Waals surface area (Å²) in [4.78, 5) is 16.6. The van der Waals surface area contributed by atoms with E-state index in [1.54, 1.807) is 12.0 Å². The van der Waals surface area contributed by atoms with E-state index in [0.717, 1.165) is 23.4 Å². The summed E-state index contributed by atoms with van der Waals surface area (Å²) in [6, 6.07) is 11.0. The van der Waals surface area contributed by atoms with Gasteiger partial charge in [0.05, 0.1) is 18.6 Å². The molecule has 1 amide bonds. The monoisotopic (exact) mass is 501 g/mol. The lowest BCUT2D eigenvalue weighted by molar-refractivity contribution is -0.274. The third-order valence-corrected chi connectivity index (χ3v) is 6.62. The Balaban J connectivity index is 1.68. The SMILES string of the molecule is CCS(=O)(=O)Nc1ccc(C(=O)N2CCN(Cc3ccc(OC)cc3)CC2)cc1OC(F)(F)F. The normalized spacial score (nSPS) is 15.1. The van der Waals surface area contributed by atoms with E-state index in [4.69, 9.17) is 4.74 Å². The van der Waals surface area contributed by atoms with Gasteiger partial charge >= 0.3 is 6.36 Å². The summed E-state index contributed by atoms with van der Waals surface area (Å²) in [5, 5.41) is 0. The lowest BCUT2D eigenvalue weighted by Crippen LogP contribution is -2.48. The van der Waals surface area contributed by atoms with Crippen molar-refractivity contribution in [3.05, 3.63) is 53.6 Å². The van der Waals surface area contributed by atoms with Gasteiger partial charge in [-0.2, -0.15) is 0 Å². The molecule has 8 nitrogen and oxygen atoms in total. The van der Waals surface area contributed by atoms with E-state index in [2.05, 4.69) is 9.64 Å². The van der Waals surface area contributed by atoms with E-state index in [0.29, 0.717) is 32.7 Å². The predicted molar refractivity (Wildman–Crippen MR) is 120 cm³/mol. The van der Waals surface area contributed by atoms with Crippen LogP contribution in [0.4, 0.5) is 18.9 Å². The van der Waals surface area contributed by atoms with E-state index in [9.17, 15) is 26.4 Å². The number of carbonyl (C=O) groups is 1. The predicted octanol–water partition coefficient (Wildman–Crippen LogP) is 3.31. The molecule has 12 heteroatoms. The molecule has 3 rings (SSSR count).